The van der Waals surface area contributed by atoms with Gasteiger partial charge in [-0.3, -0.25) is 5.32 Å². The summed E-state index contributed by atoms with van der Waals surface area (Å²) in [7, 11) is 0. The fourth-order valence-electron chi connectivity index (χ4n) is 3.14. The minimum atomic E-state index is -0.591. The third-order valence-corrected chi connectivity index (χ3v) is 6.27. The van der Waals surface area contributed by atoms with Crippen LogP contribution in [0.3, 0.4) is 0 Å². The minimum Gasteiger partial charge on any atom is -0.444 e. The van der Waals surface area contributed by atoms with E-state index in [0.29, 0.717) is 33.3 Å². The van der Waals surface area contributed by atoms with Gasteiger partial charge in [0.25, 0.3) is 0 Å². The summed E-state index contributed by atoms with van der Waals surface area (Å²) < 4.78 is 13.8. The molecule has 35 heavy (non-hydrogen) atoms. The molecule has 1 amide bonds. The number of nitrogens with two attached hydrogens (primary N) is 1. The third-order valence-electron chi connectivity index (χ3n) is 4.50. The number of hydrogen-bond acceptors (Lipinski definition) is 10. The molecular formula is C23H21N7O3S2. The van der Waals surface area contributed by atoms with Gasteiger partial charge in [0.1, 0.15) is 11.4 Å². The maximum Gasteiger partial charge on any atom is 0.412 e. The number of benzene rings is 2. The summed E-state index contributed by atoms with van der Waals surface area (Å²) in [5.74, 6) is 0.847. The maximum atomic E-state index is 12.1. The van der Waals surface area contributed by atoms with Crippen LogP contribution in [0.2, 0.25) is 0 Å². The molecule has 178 valence electrons. The molecule has 10 nitrogen and oxygen atoms in total. The van der Waals surface area contributed by atoms with E-state index in [9.17, 15) is 4.79 Å². The highest BCUT2D eigenvalue weighted by Crippen LogP contribution is 2.32. The summed E-state index contributed by atoms with van der Waals surface area (Å²) in [6.45, 7) is 5.41. The van der Waals surface area contributed by atoms with E-state index in [0.717, 1.165) is 15.1 Å². The molecule has 5 aromatic rings. The van der Waals surface area contributed by atoms with Gasteiger partial charge in [0.2, 0.25) is 11.0 Å². The lowest BCUT2D eigenvalue weighted by Gasteiger charge is -2.19. The van der Waals surface area contributed by atoms with Crippen molar-refractivity contribution in [1.82, 2.24) is 24.8 Å². The summed E-state index contributed by atoms with van der Waals surface area (Å²) >= 11 is 2.86. The molecule has 3 heterocycles. The first-order valence-electron chi connectivity index (χ1n) is 10.6. The molecule has 0 radical (unpaired) electrons. The van der Waals surface area contributed by atoms with Crippen LogP contribution < -0.4 is 15.8 Å². The van der Waals surface area contributed by atoms with Crippen molar-refractivity contribution < 1.29 is 14.3 Å². The molecule has 0 aliphatic carbocycles. The number of aromatic nitrogens is 5. The molecule has 2 aromatic carbocycles. The monoisotopic (exact) mass is 507 g/mol. The lowest BCUT2D eigenvalue weighted by Crippen LogP contribution is -2.27. The highest BCUT2D eigenvalue weighted by molar-refractivity contribution is 7.99. The molecule has 0 unspecified atom stereocenters. The van der Waals surface area contributed by atoms with Crippen molar-refractivity contribution in [1.29, 1.82) is 0 Å². The molecular weight excluding hydrogens is 486 g/mol. The number of anilines is 2. The van der Waals surface area contributed by atoms with Crippen molar-refractivity contribution in [3.63, 3.8) is 0 Å². The molecule has 3 N–H and O–H groups in total. The highest BCUT2D eigenvalue weighted by Gasteiger charge is 2.16. The standard InChI is InChI=1S/C23H21N7O3S2/c1-23(2,3)33-22(31)25-13-5-4-6-14(11-13)32-19-10-9-18-27-28-21(30(18)29-19)34-15-7-8-16-17(12-15)35-20(24)26-16/h4-12H,1-3H3,(H2,24,26)(H,25,31). The average molecular weight is 508 g/mol. The number of thiazole rings is 1. The molecule has 5 rings (SSSR count). The van der Waals surface area contributed by atoms with Gasteiger partial charge in [-0.2, -0.15) is 4.52 Å². The largest absolute Gasteiger partial charge is 0.444 e. The molecule has 0 saturated carbocycles. The Balaban J connectivity index is 1.34. The average Bonchev–Trinajstić information content (AvgIpc) is 3.34. The van der Waals surface area contributed by atoms with Gasteiger partial charge in [0.15, 0.2) is 10.8 Å². The van der Waals surface area contributed by atoms with Crippen LogP contribution in [0.5, 0.6) is 11.6 Å². The quantitative estimate of drug-likeness (QED) is 0.312. The van der Waals surface area contributed by atoms with Crippen molar-refractivity contribution in [2.75, 3.05) is 11.1 Å². The van der Waals surface area contributed by atoms with E-state index >= 15 is 0 Å². The molecule has 12 heteroatoms. The van der Waals surface area contributed by atoms with Crippen molar-refractivity contribution >= 4 is 55.9 Å². The molecule has 0 saturated heterocycles. The number of nitrogen functional groups attached to an aromatic ring is 1. The lowest BCUT2D eigenvalue weighted by molar-refractivity contribution is 0.0636. The number of nitrogens with zero attached hydrogens (tertiary/aromatic N) is 5. The van der Waals surface area contributed by atoms with Crippen molar-refractivity contribution in [3.05, 3.63) is 54.6 Å². The van der Waals surface area contributed by atoms with Crippen LogP contribution in [0.25, 0.3) is 15.9 Å². The van der Waals surface area contributed by atoms with Gasteiger partial charge in [0, 0.05) is 22.7 Å². The zero-order valence-electron chi connectivity index (χ0n) is 19.1. The lowest BCUT2D eigenvalue weighted by atomic mass is 10.2. The van der Waals surface area contributed by atoms with Crippen molar-refractivity contribution in [2.24, 2.45) is 0 Å². The van der Waals surface area contributed by atoms with E-state index in [-0.39, 0.29) is 0 Å². The van der Waals surface area contributed by atoms with Gasteiger partial charge in [-0.05, 0) is 68.9 Å². The minimum absolute atomic E-state index is 0.347. The van der Waals surface area contributed by atoms with Crippen LogP contribution in [-0.4, -0.2) is 36.5 Å². The molecule has 0 fully saturated rings. The Hall–Kier alpha value is -3.90. The van der Waals surface area contributed by atoms with E-state index in [1.165, 1.54) is 23.1 Å². The van der Waals surface area contributed by atoms with Gasteiger partial charge in [-0.25, -0.2) is 9.78 Å². The topological polar surface area (TPSA) is 130 Å². The Bertz CT molecular complexity index is 1540. The number of ether oxygens (including phenoxy) is 2. The van der Waals surface area contributed by atoms with Crippen LogP contribution in [0.1, 0.15) is 20.8 Å². The Morgan fingerprint density at radius 3 is 2.80 bits per heavy atom. The van der Waals surface area contributed by atoms with Crippen LogP contribution in [0.4, 0.5) is 15.6 Å². The van der Waals surface area contributed by atoms with Crippen molar-refractivity contribution in [3.8, 4) is 11.6 Å². The van der Waals surface area contributed by atoms with Crippen molar-refractivity contribution in [2.45, 2.75) is 36.4 Å². The Labute approximate surface area is 208 Å². The fourth-order valence-corrected chi connectivity index (χ4v) is 4.82. The predicted molar refractivity (Wildman–Crippen MR) is 135 cm³/mol. The van der Waals surface area contributed by atoms with Crippen LogP contribution in [0, 0.1) is 0 Å². The summed E-state index contributed by atoms with van der Waals surface area (Å²) in [4.78, 5) is 17.3. The van der Waals surface area contributed by atoms with Crippen LogP contribution in [0.15, 0.2) is 64.6 Å². The molecule has 0 bridgehead atoms. The van der Waals surface area contributed by atoms with Crippen LogP contribution in [-0.2, 0) is 4.74 Å². The van der Waals surface area contributed by atoms with Gasteiger partial charge >= 0.3 is 6.09 Å². The number of amides is 1. The number of rotatable bonds is 5. The second-order valence-electron chi connectivity index (χ2n) is 8.46. The molecule has 3 aromatic heterocycles. The van der Waals surface area contributed by atoms with E-state index in [1.807, 2.05) is 18.2 Å². The zero-order chi connectivity index (χ0) is 24.6. The molecule has 0 spiro atoms. The molecule has 0 atom stereocenters. The summed E-state index contributed by atoms with van der Waals surface area (Å²) in [6.07, 6.45) is -0.542. The Morgan fingerprint density at radius 1 is 1.11 bits per heavy atom. The Morgan fingerprint density at radius 2 is 1.97 bits per heavy atom. The predicted octanol–water partition coefficient (Wildman–Crippen LogP) is 5.61. The van der Waals surface area contributed by atoms with Gasteiger partial charge in [0.05, 0.1) is 10.2 Å². The number of carbonyl (C=O) groups is 1. The fraction of sp³-hybridized carbons (Fsp3) is 0.174. The van der Waals surface area contributed by atoms with Gasteiger partial charge < -0.3 is 15.2 Å². The summed E-state index contributed by atoms with van der Waals surface area (Å²) in [5, 5.41) is 16.8. The third kappa shape index (κ3) is 5.44. The second-order valence-corrected chi connectivity index (χ2v) is 10.6. The SMILES string of the molecule is CC(C)(C)OC(=O)Nc1cccc(Oc2ccc3nnc(Sc4ccc5nc(N)sc5c4)n3n2)c1. The summed E-state index contributed by atoms with van der Waals surface area (Å²) in [6, 6.07) is 16.3. The van der Waals surface area contributed by atoms with E-state index < -0.39 is 11.7 Å². The summed E-state index contributed by atoms with van der Waals surface area (Å²) in [5.41, 5.74) is 7.21. The number of hydrogen-bond donors (Lipinski definition) is 2. The van der Waals surface area contributed by atoms with Gasteiger partial charge in [-0.15, -0.1) is 15.3 Å². The first kappa shape index (κ1) is 22.9. The number of nitrogens with one attached hydrogen (secondary N) is 1. The highest BCUT2D eigenvalue weighted by atomic mass is 32.2. The normalized spacial score (nSPS) is 11.6. The maximum absolute atomic E-state index is 12.1. The smallest absolute Gasteiger partial charge is 0.412 e. The van der Waals surface area contributed by atoms with Crippen LogP contribution >= 0.6 is 23.1 Å². The first-order valence-corrected chi connectivity index (χ1v) is 12.2. The molecule has 0 aliphatic rings. The van der Waals surface area contributed by atoms with E-state index in [4.69, 9.17) is 15.2 Å². The van der Waals surface area contributed by atoms with E-state index in [2.05, 4.69) is 25.6 Å². The molecule has 0 aliphatic heterocycles. The Kier molecular flexibility index (Phi) is 5.91. The number of carbonyl (C=O) groups excluding carboxylic acids is 1. The number of fused-ring (bicyclic) bond motifs is 2. The zero-order valence-corrected chi connectivity index (χ0v) is 20.7. The van der Waals surface area contributed by atoms with Gasteiger partial charge in [-0.1, -0.05) is 17.4 Å². The first-order chi connectivity index (χ1) is 16.7. The second kappa shape index (κ2) is 9.04. The van der Waals surface area contributed by atoms with E-state index in [1.54, 1.807) is 61.7 Å².